The van der Waals surface area contributed by atoms with Gasteiger partial charge in [-0.15, -0.1) is 0 Å². The Morgan fingerprint density at radius 3 is 3.00 bits per heavy atom. The second kappa shape index (κ2) is 4.80. The summed E-state index contributed by atoms with van der Waals surface area (Å²) >= 11 is 0. The van der Waals surface area contributed by atoms with Gasteiger partial charge < -0.3 is 9.84 Å². The van der Waals surface area contributed by atoms with Gasteiger partial charge in [0.15, 0.2) is 0 Å². The Hall–Kier alpha value is -0.120. The Morgan fingerprint density at radius 2 is 2.42 bits per heavy atom. The highest BCUT2D eigenvalue weighted by Crippen LogP contribution is 2.10. The molecular formula is C9H19NO2. The number of rotatable bonds is 3. The molecule has 0 saturated carbocycles. The Bertz CT molecular complexity index is 130. The lowest BCUT2D eigenvalue weighted by atomic mass is 10.1. The fourth-order valence-corrected chi connectivity index (χ4v) is 1.64. The van der Waals surface area contributed by atoms with Crippen molar-refractivity contribution in [1.82, 2.24) is 4.90 Å². The highest BCUT2D eigenvalue weighted by molar-refractivity contribution is 4.73. The number of nitrogens with zero attached hydrogens (tertiary/aromatic N) is 1. The molecule has 0 aromatic rings. The van der Waals surface area contributed by atoms with Gasteiger partial charge in [0, 0.05) is 20.2 Å². The van der Waals surface area contributed by atoms with Crippen LogP contribution < -0.4 is 0 Å². The first-order valence-electron chi connectivity index (χ1n) is 4.65. The van der Waals surface area contributed by atoms with E-state index in [1.807, 2.05) is 0 Å². The molecule has 0 bridgehead atoms. The van der Waals surface area contributed by atoms with Gasteiger partial charge in [-0.1, -0.05) is 0 Å². The third-order valence-corrected chi connectivity index (χ3v) is 2.40. The van der Waals surface area contributed by atoms with Crippen LogP contribution in [0.3, 0.4) is 0 Å². The van der Waals surface area contributed by atoms with E-state index in [-0.39, 0.29) is 12.2 Å². The van der Waals surface area contributed by atoms with Gasteiger partial charge in [0.25, 0.3) is 0 Å². The minimum atomic E-state index is -0.122. The first-order valence-corrected chi connectivity index (χ1v) is 4.65. The maximum Gasteiger partial charge on any atom is 0.0670 e. The number of hydrogen-bond donors (Lipinski definition) is 1. The third-order valence-electron chi connectivity index (χ3n) is 2.40. The summed E-state index contributed by atoms with van der Waals surface area (Å²) < 4.78 is 5.16. The molecule has 0 aromatic heterocycles. The quantitative estimate of drug-likeness (QED) is 0.673. The van der Waals surface area contributed by atoms with Crippen LogP contribution in [-0.4, -0.2) is 49.0 Å². The van der Waals surface area contributed by atoms with E-state index in [0.717, 1.165) is 32.5 Å². The molecule has 1 N–H and O–H groups in total. The van der Waals surface area contributed by atoms with E-state index >= 15 is 0 Å². The van der Waals surface area contributed by atoms with Gasteiger partial charge in [0.05, 0.1) is 12.2 Å². The van der Waals surface area contributed by atoms with Crippen LogP contribution in [0.25, 0.3) is 0 Å². The highest BCUT2D eigenvalue weighted by atomic mass is 16.5. The van der Waals surface area contributed by atoms with Crippen molar-refractivity contribution in [1.29, 1.82) is 0 Å². The summed E-state index contributed by atoms with van der Waals surface area (Å²) in [5, 5.41) is 9.38. The highest BCUT2D eigenvalue weighted by Gasteiger charge is 2.18. The molecule has 1 rings (SSSR count). The number of ether oxygens (including phenoxy) is 1. The molecule has 72 valence electrons. The summed E-state index contributed by atoms with van der Waals surface area (Å²) in [7, 11) is 1.73. The Morgan fingerprint density at radius 1 is 1.67 bits per heavy atom. The van der Waals surface area contributed by atoms with Gasteiger partial charge in [-0.05, 0) is 26.3 Å². The summed E-state index contributed by atoms with van der Waals surface area (Å²) in [5.74, 6) is 0. The summed E-state index contributed by atoms with van der Waals surface area (Å²) in [6.07, 6.45) is 2.22. The topological polar surface area (TPSA) is 32.7 Å². The molecule has 1 fully saturated rings. The molecule has 0 spiro atoms. The molecule has 0 radical (unpaired) electrons. The number of aliphatic hydroxyl groups excluding tert-OH is 1. The van der Waals surface area contributed by atoms with Crippen LogP contribution in [0.2, 0.25) is 0 Å². The van der Waals surface area contributed by atoms with Crippen LogP contribution in [0.15, 0.2) is 0 Å². The smallest absolute Gasteiger partial charge is 0.0670 e. The zero-order valence-corrected chi connectivity index (χ0v) is 7.99. The maximum absolute atomic E-state index is 9.38. The SMILES string of the molecule is COC(C)CN1CCCC(O)C1. The predicted molar refractivity (Wildman–Crippen MR) is 48.2 cm³/mol. The van der Waals surface area contributed by atoms with E-state index in [2.05, 4.69) is 11.8 Å². The van der Waals surface area contributed by atoms with Gasteiger partial charge in [0.1, 0.15) is 0 Å². The Labute approximate surface area is 74.3 Å². The van der Waals surface area contributed by atoms with E-state index in [1.165, 1.54) is 0 Å². The standard InChI is InChI=1S/C9H19NO2/c1-8(12-2)6-10-5-3-4-9(11)7-10/h8-9,11H,3-7H2,1-2H3. The van der Waals surface area contributed by atoms with Crippen molar-refractivity contribution < 1.29 is 9.84 Å². The lowest BCUT2D eigenvalue weighted by Gasteiger charge is -2.31. The van der Waals surface area contributed by atoms with Crippen molar-refractivity contribution in [2.75, 3.05) is 26.7 Å². The van der Waals surface area contributed by atoms with Gasteiger partial charge in [0.2, 0.25) is 0 Å². The van der Waals surface area contributed by atoms with Crippen LogP contribution >= 0.6 is 0 Å². The van der Waals surface area contributed by atoms with Crippen molar-refractivity contribution in [3.8, 4) is 0 Å². The Kier molecular flexibility index (Phi) is 3.98. The number of β-amino-alcohol motifs (C(OH)–C–C–N with tert-alkyl or cyclic N) is 1. The largest absolute Gasteiger partial charge is 0.392 e. The fourth-order valence-electron chi connectivity index (χ4n) is 1.64. The van der Waals surface area contributed by atoms with E-state index < -0.39 is 0 Å². The zero-order chi connectivity index (χ0) is 8.97. The number of hydrogen-bond acceptors (Lipinski definition) is 3. The molecule has 0 aliphatic carbocycles. The molecule has 1 heterocycles. The fraction of sp³-hybridized carbons (Fsp3) is 1.00. The van der Waals surface area contributed by atoms with Crippen LogP contribution in [0.1, 0.15) is 19.8 Å². The van der Waals surface area contributed by atoms with Crippen molar-refractivity contribution in [3.63, 3.8) is 0 Å². The van der Waals surface area contributed by atoms with E-state index in [0.29, 0.717) is 0 Å². The molecule has 3 heteroatoms. The zero-order valence-electron chi connectivity index (χ0n) is 7.99. The summed E-state index contributed by atoms with van der Waals surface area (Å²) in [6.45, 7) is 4.91. The number of methoxy groups -OCH3 is 1. The molecular weight excluding hydrogens is 154 g/mol. The molecule has 1 aliphatic rings. The van der Waals surface area contributed by atoms with Crippen LogP contribution in [0.5, 0.6) is 0 Å². The molecule has 2 unspecified atom stereocenters. The summed E-state index contributed by atoms with van der Waals surface area (Å²) in [6, 6.07) is 0. The van der Waals surface area contributed by atoms with Crippen molar-refractivity contribution in [3.05, 3.63) is 0 Å². The van der Waals surface area contributed by atoms with Crippen molar-refractivity contribution in [2.45, 2.75) is 32.0 Å². The second-order valence-corrected chi connectivity index (χ2v) is 3.60. The third kappa shape index (κ3) is 3.09. The predicted octanol–water partition coefficient (Wildman–Crippen LogP) is 0.478. The average molecular weight is 173 g/mol. The van der Waals surface area contributed by atoms with Crippen molar-refractivity contribution >= 4 is 0 Å². The summed E-state index contributed by atoms with van der Waals surface area (Å²) in [4.78, 5) is 2.27. The monoisotopic (exact) mass is 173 g/mol. The minimum Gasteiger partial charge on any atom is -0.392 e. The van der Waals surface area contributed by atoms with Crippen molar-refractivity contribution in [2.24, 2.45) is 0 Å². The minimum absolute atomic E-state index is 0.122. The van der Waals surface area contributed by atoms with E-state index in [9.17, 15) is 5.11 Å². The lowest BCUT2D eigenvalue weighted by molar-refractivity contribution is 0.0286. The average Bonchev–Trinajstić information content (AvgIpc) is 2.04. The van der Waals surface area contributed by atoms with E-state index in [4.69, 9.17) is 4.74 Å². The molecule has 1 aliphatic heterocycles. The first kappa shape index (κ1) is 9.96. The molecule has 0 amide bonds. The summed E-state index contributed by atoms with van der Waals surface area (Å²) in [5.41, 5.74) is 0. The number of likely N-dealkylation sites (tertiary alicyclic amines) is 1. The van der Waals surface area contributed by atoms with Crippen LogP contribution in [0.4, 0.5) is 0 Å². The van der Waals surface area contributed by atoms with Crippen LogP contribution in [-0.2, 0) is 4.74 Å². The lowest BCUT2D eigenvalue weighted by Crippen LogP contribution is -2.41. The normalized spacial score (nSPS) is 28.8. The number of piperidine rings is 1. The molecule has 0 aromatic carbocycles. The molecule has 2 atom stereocenters. The molecule has 3 nitrogen and oxygen atoms in total. The number of aliphatic hydroxyl groups is 1. The molecule has 1 saturated heterocycles. The van der Waals surface area contributed by atoms with Gasteiger partial charge in [-0.3, -0.25) is 4.90 Å². The van der Waals surface area contributed by atoms with Gasteiger partial charge in [-0.25, -0.2) is 0 Å². The molecule has 12 heavy (non-hydrogen) atoms. The van der Waals surface area contributed by atoms with Crippen LogP contribution in [0, 0.1) is 0 Å². The van der Waals surface area contributed by atoms with E-state index in [1.54, 1.807) is 7.11 Å². The van der Waals surface area contributed by atoms with Gasteiger partial charge >= 0.3 is 0 Å². The maximum atomic E-state index is 9.38. The second-order valence-electron chi connectivity index (χ2n) is 3.60. The van der Waals surface area contributed by atoms with Gasteiger partial charge in [-0.2, -0.15) is 0 Å². The Balaban J connectivity index is 2.22. The first-order chi connectivity index (χ1) is 5.72.